The highest BCUT2D eigenvalue weighted by Gasteiger charge is 2.35. The molecule has 1 aliphatic rings. The first-order valence-electron chi connectivity index (χ1n) is 10.2. The molecule has 1 amide bonds. The Morgan fingerprint density at radius 3 is 2.71 bits per heavy atom. The van der Waals surface area contributed by atoms with Crippen LogP contribution in [-0.2, 0) is 11.2 Å². The molecule has 0 bridgehead atoms. The molecular formula is C24H31N3O. The number of anilines is 1. The Morgan fingerprint density at radius 1 is 1.25 bits per heavy atom. The average Bonchev–Trinajstić information content (AvgIpc) is 2.66. The number of rotatable bonds is 6. The van der Waals surface area contributed by atoms with Gasteiger partial charge in [-0.15, -0.1) is 0 Å². The zero-order chi connectivity index (χ0) is 20.1. The Labute approximate surface area is 168 Å². The van der Waals surface area contributed by atoms with Gasteiger partial charge in [-0.2, -0.15) is 5.10 Å². The molecule has 0 aromatic heterocycles. The summed E-state index contributed by atoms with van der Waals surface area (Å²) in [4.78, 5) is 14.6. The van der Waals surface area contributed by atoms with E-state index in [0.717, 1.165) is 30.5 Å². The minimum absolute atomic E-state index is 0.107. The van der Waals surface area contributed by atoms with Gasteiger partial charge in [-0.25, -0.2) is 5.43 Å². The van der Waals surface area contributed by atoms with E-state index in [4.69, 9.17) is 0 Å². The van der Waals surface area contributed by atoms with Crippen molar-refractivity contribution in [3.8, 4) is 0 Å². The Morgan fingerprint density at radius 2 is 2.00 bits per heavy atom. The van der Waals surface area contributed by atoms with Gasteiger partial charge in [0.25, 0.3) is 0 Å². The summed E-state index contributed by atoms with van der Waals surface area (Å²) >= 11 is 0. The lowest BCUT2D eigenvalue weighted by Crippen LogP contribution is -2.48. The van der Waals surface area contributed by atoms with Crippen molar-refractivity contribution in [3.05, 3.63) is 65.2 Å². The van der Waals surface area contributed by atoms with Crippen molar-refractivity contribution in [1.82, 2.24) is 5.43 Å². The zero-order valence-electron chi connectivity index (χ0n) is 17.4. The number of benzene rings is 2. The minimum atomic E-state index is -0.107. The molecular weight excluding hydrogens is 346 g/mol. The third-order valence-corrected chi connectivity index (χ3v) is 5.47. The molecule has 4 heteroatoms. The molecule has 0 saturated carbocycles. The van der Waals surface area contributed by atoms with Crippen LogP contribution in [0, 0.1) is 0 Å². The molecule has 2 aromatic carbocycles. The molecule has 3 rings (SSSR count). The number of carbonyl (C=O) groups is 1. The first-order valence-corrected chi connectivity index (χ1v) is 10.2. The lowest BCUT2D eigenvalue weighted by molar-refractivity contribution is -0.120. The second-order valence-corrected chi connectivity index (χ2v) is 8.34. The van der Waals surface area contributed by atoms with Crippen molar-refractivity contribution in [2.24, 2.45) is 5.10 Å². The molecule has 0 saturated heterocycles. The van der Waals surface area contributed by atoms with Crippen LogP contribution in [0.15, 0.2) is 53.6 Å². The molecule has 0 radical (unpaired) electrons. The van der Waals surface area contributed by atoms with Crippen LogP contribution in [0.5, 0.6) is 0 Å². The van der Waals surface area contributed by atoms with Crippen molar-refractivity contribution < 1.29 is 4.79 Å². The fourth-order valence-corrected chi connectivity index (χ4v) is 4.24. The number of hydrogen-bond acceptors (Lipinski definition) is 3. The van der Waals surface area contributed by atoms with Gasteiger partial charge in [-0.3, -0.25) is 4.79 Å². The molecule has 148 valence electrons. The van der Waals surface area contributed by atoms with Crippen LogP contribution < -0.4 is 10.3 Å². The summed E-state index contributed by atoms with van der Waals surface area (Å²) in [5.74, 6) is 0.392. The highest BCUT2D eigenvalue weighted by atomic mass is 16.2. The topological polar surface area (TPSA) is 44.7 Å². The van der Waals surface area contributed by atoms with Gasteiger partial charge in [-0.1, -0.05) is 50.2 Å². The molecule has 2 aromatic rings. The maximum atomic E-state index is 12.0. The van der Waals surface area contributed by atoms with Crippen LogP contribution in [0.1, 0.15) is 63.1 Å². The van der Waals surface area contributed by atoms with Gasteiger partial charge in [0.05, 0.1) is 12.6 Å². The monoisotopic (exact) mass is 377 g/mol. The number of amides is 1. The maximum Gasteiger partial charge on any atom is 0.244 e. The summed E-state index contributed by atoms with van der Waals surface area (Å²) in [7, 11) is 0. The van der Waals surface area contributed by atoms with Crippen LogP contribution in [0.4, 0.5) is 5.69 Å². The van der Waals surface area contributed by atoms with Crippen LogP contribution >= 0.6 is 0 Å². The summed E-state index contributed by atoms with van der Waals surface area (Å²) in [5.41, 5.74) is 7.50. The third kappa shape index (κ3) is 4.61. The number of fused-ring (bicyclic) bond motifs is 1. The predicted molar refractivity (Wildman–Crippen MR) is 117 cm³/mol. The lowest BCUT2D eigenvalue weighted by Gasteiger charge is -2.47. The van der Waals surface area contributed by atoms with E-state index in [2.05, 4.69) is 61.3 Å². The number of hydrogen-bond donors (Lipinski definition) is 1. The fourth-order valence-electron chi connectivity index (χ4n) is 4.24. The Hall–Kier alpha value is -2.62. The molecule has 1 atom stereocenters. The average molecular weight is 378 g/mol. The number of nitrogens with one attached hydrogen (secondary N) is 1. The summed E-state index contributed by atoms with van der Waals surface area (Å²) < 4.78 is 0. The first kappa shape index (κ1) is 20.1. The summed E-state index contributed by atoms with van der Waals surface area (Å²) in [6, 6.07) is 16.2. The van der Waals surface area contributed by atoms with Crippen molar-refractivity contribution >= 4 is 17.8 Å². The Bertz CT molecular complexity index is 842. The summed E-state index contributed by atoms with van der Waals surface area (Å²) in [5, 5.41) is 4.16. The minimum Gasteiger partial charge on any atom is -0.366 e. The number of carbonyl (C=O) groups excluding carboxylic acids is 1. The van der Waals surface area contributed by atoms with E-state index >= 15 is 0 Å². The second kappa shape index (κ2) is 8.59. The molecule has 1 unspecified atom stereocenters. The van der Waals surface area contributed by atoms with Crippen molar-refractivity contribution in [2.75, 3.05) is 11.4 Å². The van der Waals surface area contributed by atoms with Gasteiger partial charge < -0.3 is 4.90 Å². The van der Waals surface area contributed by atoms with E-state index in [-0.39, 0.29) is 11.4 Å². The normalized spacial score (nSPS) is 18.1. The van der Waals surface area contributed by atoms with E-state index in [1.807, 2.05) is 30.3 Å². The second-order valence-electron chi connectivity index (χ2n) is 8.34. The number of hydrazone groups is 1. The van der Waals surface area contributed by atoms with Crippen LogP contribution in [0.2, 0.25) is 0 Å². The maximum absolute atomic E-state index is 12.0. The van der Waals surface area contributed by atoms with Crippen molar-refractivity contribution in [1.29, 1.82) is 0 Å². The van der Waals surface area contributed by atoms with Gasteiger partial charge in [0.15, 0.2) is 0 Å². The third-order valence-electron chi connectivity index (χ3n) is 5.47. The molecule has 1 heterocycles. The van der Waals surface area contributed by atoms with E-state index in [9.17, 15) is 4.79 Å². The quantitative estimate of drug-likeness (QED) is 0.576. The highest BCUT2D eigenvalue weighted by Crippen LogP contribution is 2.43. The van der Waals surface area contributed by atoms with Crippen molar-refractivity contribution in [2.45, 2.75) is 58.4 Å². The van der Waals surface area contributed by atoms with Crippen LogP contribution in [0.3, 0.4) is 0 Å². The van der Waals surface area contributed by atoms with Gasteiger partial charge >= 0.3 is 0 Å². The molecule has 0 spiro atoms. The van der Waals surface area contributed by atoms with Gasteiger partial charge in [0.2, 0.25) is 5.91 Å². The largest absolute Gasteiger partial charge is 0.366 e. The van der Waals surface area contributed by atoms with Gasteiger partial charge in [0, 0.05) is 17.8 Å². The highest BCUT2D eigenvalue weighted by molar-refractivity contribution is 5.84. The van der Waals surface area contributed by atoms with E-state index in [1.54, 1.807) is 6.21 Å². The first-order chi connectivity index (χ1) is 13.4. The molecule has 4 nitrogen and oxygen atoms in total. The summed E-state index contributed by atoms with van der Waals surface area (Å²) in [6.45, 7) is 10.3. The molecule has 1 N–H and O–H groups in total. The SMILES string of the molecule is CCCN1c2ccc(/C=N\NC(=O)Cc3ccccc3)cc2C(C)CC1(C)C. The van der Waals surface area contributed by atoms with Gasteiger partial charge in [-0.05, 0) is 61.4 Å². The van der Waals surface area contributed by atoms with Crippen LogP contribution in [0.25, 0.3) is 0 Å². The molecule has 0 aliphatic carbocycles. The van der Waals surface area contributed by atoms with E-state index in [1.165, 1.54) is 11.3 Å². The molecule has 0 fully saturated rings. The fraction of sp³-hybridized carbons (Fsp3) is 0.417. The van der Waals surface area contributed by atoms with Crippen molar-refractivity contribution in [3.63, 3.8) is 0 Å². The lowest BCUT2D eigenvalue weighted by atomic mass is 9.79. The Balaban J connectivity index is 1.70. The Kier molecular flexibility index (Phi) is 6.18. The standard InChI is InChI=1S/C24H31N3O/c1-5-13-27-22-12-11-20(14-21(22)18(2)16-24(27,3)4)17-25-26-23(28)15-19-9-7-6-8-10-19/h6-12,14,17-18H,5,13,15-16H2,1-4H3,(H,26,28)/b25-17-. The zero-order valence-corrected chi connectivity index (χ0v) is 17.4. The summed E-state index contributed by atoms with van der Waals surface area (Å²) in [6.07, 6.45) is 4.34. The predicted octanol–water partition coefficient (Wildman–Crippen LogP) is 4.88. The molecule has 28 heavy (non-hydrogen) atoms. The number of nitrogens with zero attached hydrogens (tertiary/aromatic N) is 2. The van der Waals surface area contributed by atoms with E-state index < -0.39 is 0 Å². The van der Waals surface area contributed by atoms with E-state index in [0.29, 0.717) is 12.3 Å². The smallest absolute Gasteiger partial charge is 0.244 e. The van der Waals surface area contributed by atoms with Gasteiger partial charge in [0.1, 0.15) is 0 Å². The molecule has 1 aliphatic heterocycles. The van der Waals surface area contributed by atoms with Crippen LogP contribution in [-0.4, -0.2) is 24.2 Å².